The smallest absolute Gasteiger partial charge is 0.244 e. The van der Waals surface area contributed by atoms with Gasteiger partial charge in [0.25, 0.3) is 0 Å². The third-order valence-electron chi connectivity index (χ3n) is 4.08. The predicted molar refractivity (Wildman–Crippen MR) is 87.1 cm³/mol. The number of ether oxygens (including phenoxy) is 1. The fourth-order valence-electron chi connectivity index (χ4n) is 3.06. The molecule has 6 nitrogen and oxygen atoms in total. The summed E-state index contributed by atoms with van der Waals surface area (Å²) in [5, 5.41) is 4.29. The molecule has 0 saturated carbocycles. The SMILES string of the molecule is CCn1nc(C)c(S(=O)(=O)N[C@@H]2COc3ccccc3C2)c1C. The van der Waals surface area contributed by atoms with Gasteiger partial charge in [0.2, 0.25) is 10.0 Å². The molecule has 1 N–H and O–H groups in total. The first-order chi connectivity index (χ1) is 10.9. The molecule has 7 heteroatoms. The minimum absolute atomic E-state index is 0.276. The van der Waals surface area contributed by atoms with Gasteiger partial charge in [-0.1, -0.05) is 18.2 Å². The van der Waals surface area contributed by atoms with E-state index in [0.29, 0.717) is 31.0 Å². The van der Waals surface area contributed by atoms with Gasteiger partial charge in [-0.05, 0) is 38.8 Å². The van der Waals surface area contributed by atoms with Crippen LogP contribution in [0.4, 0.5) is 0 Å². The minimum atomic E-state index is -3.63. The molecule has 0 radical (unpaired) electrons. The predicted octanol–water partition coefficient (Wildman–Crippen LogP) is 1.80. The van der Waals surface area contributed by atoms with Crippen LogP contribution in [0.1, 0.15) is 23.9 Å². The van der Waals surface area contributed by atoms with Crippen molar-refractivity contribution in [2.75, 3.05) is 6.61 Å². The van der Waals surface area contributed by atoms with E-state index in [1.165, 1.54) is 0 Å². The van der Waals surface area contributed by atoms with Crippen LogP contribution in [0.3, 0.4) is 0 Å². The topological polar surface area (TPSA) is 73.2 Å². The fraction of sp³-hybridized carbons (Fsp3) is 0.438. The Morgan fingerprint density at radius 2 is 2.09 bits per heavy atom. The lowest BCUT2D eigenvalue weighted by Crippen LogP contribution is -2.42. The van der Waals surface area contributed by atoms with Crippen molar-refractivity contribution in [1.82, 2.24) is 14.5 Å². The van der Waals surface area contributed by atoms with Gasteiger partial charge >= 0.3 is 0 Å². The fourth-order valence-corrected chi connectivity index (χ4v) is 4.69. The van der Waals surface area contributed by atoms with E-state index in [1.54, 1.807) is 18.5 Å². The molecule has 0 amide bonds. The molecular weight excluding hydrogens is 314 g/mol. The number of para-hydroxylation sites is 1. The van der Waals surface area contributed by atoms with Crippen molar-refractivity contribution < 1.29 is 13.2 Å². The van der Waals surface area contributed by atoms with Crippen molar-refractivity contribution in [2.45, 2.75) is 44.7 Å². The number of rotatable bonds is 4. The molecule has 23 heavy (non-hydrogen) atoms. The Kier molecular flexibility index (Phi) is 4.16. The van der Waals surface area contributed by atoms with Gasteiger partial charge < -0.3 is 4.74 Å². The van der Waals surface area contributed by atoms with Crippen LogP contribution in [0.25, 0.3) is 0 Å². The molecule has 0 spiro atoms. The van der Waals surface area contributed by atoms with E-state index in [2.05, 4.69) is 9.82 Å². The number of aryl methyl sites for hydroxylation is 2. The number of fused-ring (bicyclic) bond motifs is 1. The molecule has 1 aromatic heterocycles. The number of hydrogen-bond donors (Lipinski definition) is 1. The van der Waals surface area contributed by atoms with E-state index in [4.69, 9.17) is 4.74 Å². The largest absolute Gasteiger partial charge is 0.492 e. The second-order valence-corrected chi connectivity index (χ2v) is 7.41. The molecule has 0 fully saturated rings. The molecular formula is C16H21N3O3S. The summed E-state index contributed by atoms with van der Waals surface area (Å²) in [5.41, 5.74) is 2.20. The van der Waals surface area contributed by atoms with Crippen LogP contribution in [0.5, 0.6) is 5.75 Å². The monoisotopic (exact) mass is 335 g/mol. The summed E-state index contributed by atoms with van der Waals surface area (Å²) in [5.74, 6) is 0.828. The van der Waals surface area contributed by atoms with Gasteiger partial charge in [0.15, 0.2) is 0 Å². The second kappa shape index (κ2) is 5.98. The highest BCUT2D eigenvalue weighted by molar-refractivity contribution is 7.89. The van der Waals surface area contributed by atoms with Gasteiger partial charge in [0, 0.05) is 6.54 Å². The maximum atomic E-state index is 12.8. The van der Waals surface area contributed by atoms with Gasteiger partial charge in [0.05, 0.1) is 17.4 Å². The Hall–Kier alpha value is -1.86. The molecule has 124 valence electrons. The number of benzene rings is 1. The summed E-state index contributed by atoms with van der Waals surface area (Å²) in [7, 11) is -3.63. The first kappa shape index (κ1) is 16.0. The zero-order valence-corrected chi connectivity index (χ0v) is 14.4. The molecule has 0 saturated heterocycles. The quantitative estimate of drug-likeness (QED) is 0.925. The van der Waals surface area contributed by atoms with Crippen LogP contribution in [0, 0.1) is 13.8 Å². The third-order valence-corrected chi connectivity index (χ3v) is 5.86. The Morgan fingerprint density at radius 1 is 1.35 bits per heavy atom. The van der Waals surface area contributed by atoms with Crippen molar-refractivity contribution >= 4 is 10.0 Å². The summed E-state index contributed by atoms with van der Waals surface area (Å²) in [6.45, 7) is 6.42. The zero-order valence-electron chi connectivity index (χ0n) is 13.5. The molecule has 0 aliphatic carbocycles. The molecule has 2 aromatic rings. The van der Waals surface area contributed by atoms with Gasteiger partial charge in [0.1, 0.15) is 17.3 Å². The maximum Gasteiger partial charge on any atom is 0.244 e. The van der Waals surface area contributed by atoms with Gasteiger partial charge in [-0.3, -0.25) is 4.68 Å². The molecule has 1 aliphatic rings. The highest BCUT2D eigenvalue weighted by Crippen LogP contribution is 2.25. The average Bonchev–Trinajstić information content (AvgIpc) is 2.81. The number of hydrogen-bond acceptors (Lipinski definition) is 4. The lowest BCUT2D eigenvalue weighted by molar-refractivity contribution is 0.254. The van der Waals surface area contributed by atoms with Crippen LogP contribution >= 0.6 is 0 Å². The summed E-state index contributed by atoms with van der Waals surface area (Å²) in [4.78, 5) is 0.276. The average molecular weight is 335 g/mol. The normalized spacial score (nSPS) is 17.6. The molecule has 1 aliphatic heterocycles. The van der Waals surface area contributed by atoms with E-state index in [1.807, 2.05) is 31.2 Å². The number of nitrogens with zero attached hydrogens (tertiary/aromatic N) is 2. The Bertz CT molecular complexity index is 827. The van der Waals surface area contributed by atoms with E-state index >= 15 is 0 Å². The Morgan fingerprint density at radius 3 is 2.78 bits per heavy atom. The van der Waals surface area contributed by atoms with Crippen LogP contribution in [-0.2, 0) is 23.0 Å². The molecule has 1 atom stereocenters. The number of aromatic nitrogens is 2. The first-order valence-electron chi connectivity index (χ1n) is 7.69. The molecule has 0 bridgehead atoms. The van der Waals surface area contributed by atoms with E-state index in [-0.39, 0.29) is 10.9 Å². The third kappa shape index (κ3) is 2.98. The van der Waals surface area contributed by atoms with Crippen molar-refractivity contribution in [3.63, 3.8) is 0 Å². The van der Waals surface area contributed by atoms with Crippen LogP contribution in [0.2, 0.25) is 0 Å². The second-order valence-electron chi connectivity index (χ2n) is 5.76. The molecule has 1 aromatic carbocycles. The molecule has 2 heterocycles. The lowest BCUT2D eigenvalue weighted by atomic mass is 10.0. The van der Waals surface area contributed by atoms with Gasteiger partial charge in [-0.25, -0.2) is 13.1 Å². The van der Waals surface area contributed by atoms with Crippen molar-refractivity contribution in [3.05, 3.63) is 41.2 Å². The van der Waals surface area contributed by atoms with Crippen LogP contribution in [-0.4, -0.2) is 30.8 Å². The summed E-state index contributed by atoms with van der Waals surface area (Å²) >= 11 is 0. The van der Waals surface area contributed by atoms with Crippen LogP contribution in [0.15, 0.2) is 29.2 Å². The van der Waals surface area contributed by atoms with E-state index < -0.39 is 10.0 Å². The molecule has 3 rings (SSSR count). The van der Waals surface area contributed by atoms with Crippen molar-refractivity contribution in [2.24, 2.45) is 0 Å². The lowest BCUT2D eigenvalue weighted by Gasteiger charge is -2.25. The van der Waals surface area contributed by atoms with E-state index in [9.17, 15) is 8.42 Å². The standard InChI is InChI=1S/C16H21N3O3S/c1-4-19-12(3)16(11(2)17-19)23(20,21)18-14-9-13-7-5-6-8-15(13)22-10-14/h5-8,14,18H,4,9-10H2,1-3H3/t14-/m0/s1. The minimum Gasteiger partial charge on any atom is -0.492 e. The Balaban J connectivity index is 1.84. The Labute approximate surface area is 136 Å². The highest BCUT2D eigenvalue weighted by Gasteiger charge is 2.29. The van der Waals surface area contributed by atoms with Gasteiger partial charge in [-0.2, -0.15) is 5.10 Å². The maximum absolute atomic E-state index is 12.8. The first-order valence-corrected chi connectivity index (χ1v) is 9.17. The van der Waals surface area contributed by atoms with Crippen LogP contribution < -0.4 is 9.46 Å². The van der Waals surface area contributed by atoms with Crippen molar-refractivity contribution in [1.29, 1.82) is 0 Å². The summed E-state index contributed by atoms with van der Waals surface area (Å²) in [6.07, 6.45) is 0.620. The highest BCUT2D eigenvalue weighted by atomic mass is 32.2. The molecule has 0 unspecified atom stereocenters. The zero-order chi connectivity index (χ0) is 16.6. The summed E-state index contributed by atoms with van der Waals surface area (Å²) in [6, 6.07) is 7.42. The van der Waals surface area contributed by atoms with Crippen molar-refractivity contribution in [3.8, 4) is 5.75 Å². The summed E-state index contributed by atoms with van der Waals surface area (Å²) < 4.78 is 35.7. The van der Waals surface area contributed by atoms with E-state index in [0.717, 1.165) is 11.3 Å². The number of nitrogens with one attached hydrogen (secondary N) is 1. The number of sulfonamides is 1. The van der Waals surface area contributed by atoms with Gasteiger partial charge in [-0.15, -0.1) is 0 Å².